The monoisotopic (exact) mass is 453 g/mol. The lowest BCUT2D eigenvalue weighted by Gasteiger charge is -2.11. The predicted octanol–water partition coefficient (Wildman–Crippen LogP) is 5.60. The third-order valence-corrected chi connectivity index (χ3v) is 4.83. The Kier molecular flexibility index (Phi) is 8.00. The van der Waals surface area contributed by atoms with Crippen LogP contribution in [0.15, 0.2) is 66.7 Å². The van der Waals surface area contributed by atoms with Crippen molar-refractivity contribution in [3.63, 3.8) is 0 Å². The van der Waals surface area contributed by atoms with Crippen molar-refractivity contribution in [1.29, 1.82) is 0 Å². The Labute approximate surface area is 192 Å². The molecule has 1 amide bonds. The van der Waals surface area contributed by atoms with Crippen LogP contribution < -0.4 is 24.3 Å². The van der Waals surface area contributed by atoms with E-state index >= 15 is 0 Å². The van der Waals surface area contributed by atoms with Gasteiger partial charge in [-0.1, -0.05) is 29.8 Å². The first kappa shape index (κ1) is 23.0. The van der Waals surface area contributed by atoms with E-state index in [1.807, 2.05) is 30.3 Å². The lowest BCUT2D eigenvalue weighted by Crippen LogP contribution is -2.08. The zero-order valence-corrected chi connectivity index (χ0v) is 18.8. The van der Waals surface area contributed by atoms with Crippen LogP contribution in [0.25, 0.3) is 6.08 Å². The van der Waals surface area contributed by atoms with Gasteiger partial charge in [0.2, 0.25) is 5.91 Å². The molecule has 0 atom stereocenters. The highest BCUT2D eigenvalue weighted by atomic mass is 35.5. The number of carbonyl (C=O) groups excluding carboxylic acids is 1. The Morgan fingerprint density at radius 3 is 2.19 bits per heavy atom. The average Bonchev–Trinajstić information content (AvgIpc) is 2.82. The summed E-state index contributed by atoms with van der Waals surface area (Å²) in [5.74, 6) is 2.02. The van der Waals surface area contributed by atoms with Crippen LogP contribution in [0.1, 0.15) is 11.1 Å². The summed E-state index contributed by atoms with van der Waals surface area (Å²) in [5.41, 5.74) is 2.39. The largest absolute Gasteiger partial charge is 0.493 e. The molecule has 0 bridgehead atoms. The summed E-state index contributed by atoms with van der Waals surface area (Å²) < 4.78 is 21.8. The molecule has 0 spiro atoms. The van der Waals surface area contributed by atoms with Crippen LogP contribution in [0.4, 0.5) is 5.69 Å². The van der Waals surface area contributed by atoms with E-state index in [4.69, 9.17) is 30.5 Å². The first-order valence-corrected chi connectivity index (χ1v) is 10.2. The van der Waals surface area contributed by atoms with E-state index in [1.54, 1.807) is 57.7 Å². The van der Waals surface area contributed by atoms with Crippen LogP contribution in [0.3, 0.4) is 0 Å². The Bertz CT molecular complexity index is 1100. The van der Waals surface area contributed by atoms with E-state index in [-0.39, 0.29) is 5.91 Å². The number of carbonyl (C=O) groups is 1. The van der Waals surface area contributed by atoms with Crippen LogP contribution in [0.5, 0.6) is 23.0 Å². The number of nitrogens with one attached hydrogen (secondary N) is 1. The van der Waals surface area contributed by atoms with E-state index in [9.17, 15) is 4.79 Å². The lowest BCUT2D eigenvalue weighted by atomic mass is 10.2. The fourth-order valence-corrected chi connectivity index (χ4v) is 3.04. The molecular weight excluding hydrogens is 430 g/mol. The average molecular weight is 454 g/mol. The van der Waals surface area contributed by atoms with Gasteiger partial charge in [0.1, 0.15) is 6.61 Å². The summed E-state index contributed by atoms with van der Waals surface area (Å²) in [6, 6.07) is 18.1. The van der Waals surface area contributed by atoms with Crippen molar-refractivity contribution < 1.29 is 23.7 Å². The normalized spacial score (nSPS) is 10.6. The molecule has 0 saturated heterocycles. The Hall–Kier alpha value is -3.64. The number of ether oxygens (including phenoxy) is 4. The van der Waals surface area contributed by atoms with E-state index in [2.05, 4.69) is 5.32 Å². The van der Waals surface area contributed by atoms with Gasteiger partial charge < -0.3 is 24.3 Å². The van der Waals surface area contributed by atoms with Crippen molar-refractivity contribution >= 4 is 29.3 Å². The molecule has 3 rings (SSSR count). The molecule has 0 aromatic heterocycles. The summed E-state index contributed by atoms with van der Waals surface area (Å²) in [4.78, 5) is 12.3. The van der Waals surface area contributed by atoms with Crippen LogP contribution in [0.2, 0.25) is 5.02 Å². The SMILES string of the molecule is COc1ccc(NC(=O)/C=C/c2ccc(OCc3ccc(Cl)cc3)c(OC)c2)cc1OC. The molecule has 166 valence electrons. The number of amides is 1. The molecule has 0 radical (unpaired) electrons. The standard InChI is InChI=1S/C25H24ClNO5/c1-29-21-12-10-20(15-24(21)31-3)27-25(28)13-7-17-6-11-22(23(14-17)30-2)32-16-18-4-8-19(26)9-5-18/h4-15H,16H2,1-3H3,(H,27,28)/b13-7+. The van der Waals surface area contributed by atoms with E-state index < -0.39 is 0 Å². The molecule has 0 unspecified atom stereocenters. The highest BCUT2D eigenvalue weighted by Crippen LogP contribution is 2.31. The van der Waals surface area contributed by atoms with Crippen LogP contribution >= 0.6 is 11.6 Å². The summed E-state index contributed by atoms with van der Waals surface area (Å²) in [6.45, 7) is 0.385. The zero-order valence-electron chi connectivity index (χ0n) is 18.1. The third kappa shape index (κ3) is 6.18. The van der Waals surface area contributed by atoms with Gasteiger partial charge in [-0.05, 0) is 53.6 Å². The highest BCUT2D eigenvalue weighted by Gasteiger charge is 2.08. The second kappa shape index (κ2) is 11.1. The molecule has 0 fully saturated rings. The van der Waals surface area contributed by atoms with Gasteiger partial charge in [0.25, 0.3) is 0 Å². The number of anilines is 1. The molecular formula is C25H24ClNO5. The van der Waals surface area contributed by atoms with Gasteiger partial charge in [0.05, 0.1) is 21.3 Å². The zero-order chi connectivity index (χ0) is 22.9. The maximum atomic E-state index is 12.3. The quantitative estimate of drug-likeness (QED) is 0.427. The summed E-state index contributed by atoms with van der Waals surface area (Å²) >= 11 is 5.91. The number of hydrogen-bond acceptors (Lipinski definition) is 5. The second-order valence-electron chi connectivity index (χ2n) is 6.72. The first-order valence-electron chi connectivity index (χ1n) is 9.78. The minimum atomic E-state index is -0.278. The number of hydrogen-bond donors (Lipinski definition) is 1. The molecule has 0 aliphatic carbocycles. The van der Waals surface area contributed by atoms with Crippen molar-refractivity contribution in [2.24, 2.45) is 0 Å². The van der Waals surface area contributed by atoms with Crippen LogP contribution in [-0.4, -0.2) is 27.2 Å². The molecule has 6 nitrogen and oxygen atoms in total. The molecule has 0 saturated carbocycles. The maximum absolute atomic E-state index is 12.3. The van der Waals surface area contributed by atoms with E-state index in [1.165, 1.54) is 6.08 Å². The number of methoxy groups -OCH3 is 3. The summed E-state index contributed by atoms with van der Waals surface area (Å²) in [5, 5.41) is 3.47. The van der Waals surface area contributed by atoms with Crippen molar-refractivity contribution in [1.82, 2.24) is 0 Å². The van der Waals surface area contributed by atoms with Crippen LogP contribution in [0, 0.1) is 0 Å². The van der Waals surface area contributed by atoms with Gasteiger partial charge >= 0.3 is 0 Å². The maximum Gasteiger partial charge on any atom is 0.248 e. The Morgan fingerprint density at radius 2 is 1.50 bits per heavy atom. The fraction of sp³-hybridized carbons (Fsp3) is 0.160. The van der Waals surface area contributed by atoms with E-state index in [0.29, 0.717) is 40.3 Å². The predicted molar refractivity (Wildman–Crippen MR) is 126 cm³/mol. The molecule has 0 aliphatic rings. The van der Waals surface area contributed by atoms with Gasteiger partial charge in [-0.2, -0.15) is 0 Å². The topological polar surface area (TPSA) is 66.0 Å². The minimum Gasteiger partial charge on any atom is -0.493 e. The molecule has 3 aromatic carbocycles. The Morgan fingerprint density at radius 1 is 0.844 bits per heavy atom. The molecule has 7 heteroatoms. The fourth-order valence-electron chi connectivity index (χ4n) is 2.92. The smallest absolute Gasteiger partial charge is 0.248 e. The molecule has 0 heterocycles. The van der Waals surface area contributed by atoms with Gasteiger partial charge in [0, 0.05) is 22.9 Å². The third-order valence-electron chi connectivity index (χ3n) is 4.57. The van der Waals surface area contributed by atoms with Gasteiger partial charge in [-0.25, -0.2) is 0 Å². The number of halogens is 1. The van der Waals surface area contributed by atoms with E-state index in [0.717, 1.165) is 11.1 Å². The van der Waals surface area contributed by atoms with Crippen molar-refractivity contribution in [3.05, 3.63) is 82.9 Å². The Balaban J connectivity index is 1.63. The molecule has 1 N–H and O–H groups in total. The minimum absolute atomic E-state index is 0.278. The lowest BCUT2D eigenvalue weighted by molar-refractivity contribution is -0.111. The number of rotatable bonds is 9. The van der Waals surface area contributed by atoms with Crippen molar-refractivity contribution in [3.8, 4) is 23.0 Å². The second-order valence-corrected chi connectivity index (χ2v) is 7.15. The number of benzene rings is 3. The van der Waals surface area contributed by atoms with Crippen molar-refractivity contribution in [2.45, 2.75) is 6.61 Å². The highest BCUT2D eigenvalue weighted by molar-refractivity contribution is 6.30. The van der Waals surface area contributed by atoms with Gasteiger partial charge in [0.15, 0.2) is 23.0 Å². The van der Waals surface area contributed by atoms with Crippen molar-refractivity contribution in [2.75, 3.05) is 26.6 Å². The first-order chi connectivity index (χ1) is 15.5. The summed E-state index contributed by atoms with van der Waals surface area (Å²) in [7, 11) is 4.67. The molecule has 32 heavy (non-hydrogen) atoms. The summed E-state index contributed by atoms with van der Waals surface area (Å²) in [6.07, 6.45) is 3.14. The van der Waals surface area contributed by atoms with Gasteiger partial charge in [-0.3, -0.25) is 4.79 Å². The van der Waals surface area contributed by atoms with Crippen LogP contribution in [-0.2, 0) is 11.4 Å². The molecule has 3 aromatic rings. The molecule has 0 aliphatic heterocycles. The van der Waals surface area contributed by atoms with Gasteiger partial charge in [-0.15, -0.1) is 0 Å².